The predicted molar refractivity (Wildman–Crippen MR) is 81.2 cm³/mol. The minimum atomic E-state index is -0.288. The smallest absolute Gasteiger partial charge is 0.251 e. The van der Waals surface area contributed by atoms with Crippen molar-refractivity contribution in [2.75, 3.05) is 5.32 Å². The number of anilines is 1. The Morgan fingerprint density at radius 1 is 1.50 bits per heavy atom. The molecule has 0 spiro atoms. The van der Waals surface area contributed by atoms with Crippen LogP contribution in [0.2, 0.25) is 0 Å². The van der Waals surface area contributed by atoms with E-state index in [0.717, 1.165) is 5.56 Å². The summed E-state index contributed by atoms with van der Waals surface area (Å²) in [6, 6.07) is 6.95. The van der Waals surface area contributed by atoms with Gasteiger partial charge in [0.05, 0.1) is 6.04 Å². The molecule has 2 N–H and O–H groups in total. The number of benzene rings is 1. The summed E-state index contributed by atoms with van der Waals surface area (Å²) in [6.07, 6.45) is 0. The number of nitrogens with zero attached hydrogens (tertiary/aromatic N) is 1. The lowest BCUT2D eigenvalue weighted by atomic mass is 10.1. The van der Waals surface area contributed by atoms with Gasteiger partial charge in [-0.05, 0) is 43.8 Å². The molecule has 1 saturated heterocycles. The maximum absolute atomic E-state index is 12.1. The van der Waals surface area contributed by atoms with E-state index in [0.29, 0.717) is 10.8 Å². The molecular formula is C14H17N3O2S. The standard InChI is InChI=1S/C14H17N3O2S/c1-8-13(19)17(14(20)15-8)9(2)11-5-4-6-12(7-11)16-10(3)18/h4-9H,1-3H3,(H,15,20)(H,16,18)/t8-,9-/m0/s1. The number of carbonyl (C=O) groups excluding carboxylic acids is 2. The van der Waals surface area contributed by atoms with Crippen LogP contribution in [0, 0.1) is 0 Å². The van der Waals surface area contributed by atoms with Crippen molar-refractivity contribution in [3.05, 3.63) is 29.8 Å². The molecule has 0 aromatic heterocycles. The van der Waals surface area contributed by atoms with Crippen LogP contribution >= 0.6 is 12.2 Å². The molecule has 0 radical (unpaired) electrons. The van der Waals surface area contributed by atoms with Crippen molar-refractivity contribution in [3.8, 4) is 0 Å². The van der Waals surface area contributed by atoms with Crippen LogP contribution in [-0.2, 0) is 9.59 Å². The number of nitrogens with one attached hydrogen (secondary N) is 2. The molecule has 1 heterocycles. The molecule has 2 rings (SSSR count). The van der Waals surface area contributed by atoms with E-state index in [1.54, 1.807) is 11.8 Å². The monoisotopic (exact) mass is 291 g/mol. The molecule has 0 bridgehead atoms. The van der Waals surface area contributed by atoms with Crippen LogP contribution in [0.3, 0.4) is 0 Å². The number of hydrogen-bond acceptors (Lipinski definition) is 3. The Kier molecular flexibility index (Phi) is 4.04. The molecule has 1 aromatic rings. The summed E-state index contributed by atoms with van der Waals surface area (Å²) in [5.41, 5.74) is 1.63. The average molecular weight is 291 g/mol. The SMILES string of the molecule is CC(=O)Nc1cccc([C@H](C)N2C(=O)[C@H](C)NC2=S)c1. The van der Waals surface area contributed by atoms with Gasteiger partial charge in [-0.15, -0.1) is 0 Å². The highest BCUT2D eigenvalue weighted by molar-refractivity contribution is 7.80. The van der Waals surface area contributed by atoms with Gasteiger partial charge in [0.2, 0.25) is 5.91 Å². The summed E-state index contributed by atoms with van der Waals surface area (Å²) in [5, 5.41) is 6.13. The molecule has 5 nitrogen and oxygen atoms in total. The molecule has 20 heavy (non-hydrogen) atoms. The van der Waals surface area contributed by atoms with E-state index in [1.807, 2.05) is 31.2 Å². The Hall–Kier alpha value is -1.95. The summed E-state index contributed by atoms with van der Waals surface area (Å²) >= 11 is 5.20. The molecule has 0 unspecified atom stereocenters. The number of carbonyl (C=O) groups is 2. The van der Waals surface area contributed by atoms with Crippen LogP contribution in [0.1, 0.15) is 32.4 Å². The van der Waals surface area contributed by atoms with Gasteiger partial charge in [-0.2, -0.15) is 0 Å². The summed E-state index contributed by atoms with van der Waals surface area (Å²) in [5.74, 6) is -0.162. The minimum absolute atomic E-state index is 0.0348. The highest BCUT2D eigenvalue weighted by Gasteiger charge is 2.35. The third-order valence-corrected chi connectivity index (χ3v) is 3.56. The lowest BCUT2D eigenvalue weighted by Crippen LogP contribution is -2.33. The van der Waals surface area contributed by atoms with Gasteiger partial charge >= 0.3 is 0 Å². The van der Waals surface area contributed by atoms with E-state index in [4.69, 9.17) is 12.2 Å². The van der Waals surface area contributed by atoms with Crippen LogP contribution in [0.25, 0.3) is 0 Å². The van der Waals surface area contributed by atoms with Crippen molar-refractivity contribution < 1.29 is 9.59 Å². The van der Waals surface area contributed by atoms with Crippen molar-refractivity contribution in [1.82, 2.24) is 10.2 Å². The second-order valence-corrected chi connectivity index (χ2v) is 5.25. The fraction of sp³-hybridized carbons (Fsp3) is 0.357. The van der Waals surface area contributed by atoms with Gasteiger partial charge in [0.15, 0.2) is 5.11 Å². The Balaban J connectivity index is 2.25. The molecule has 2 amide bonds. The first-order chi connectivity index (χ1) is 9.40. The topological polar surface area (TPSA) is 61.4 Å². The molecule has 0 aliphatic carbocycles. The van der Waals surface area contributed by atoms with Crippen LogP contribution in [0.4, 0.5) is 5.69 Å². The fourth-order valence-electron chi connectivity index (χ4n) is 2.22. The Bertz CT molecular complexity index is 573. The lowest BCUT2D eigenvalue weighted by Gasteiger charge is -2.24. The van der Waals surface area contributed by atoms with Gasteiger partial charge in [-0.1, -0.05) is 12.1 Å². The third kappa shape index (κ3) is 2.80. The number of thiocarbonyl (C=S) groups is 1. The number of rotatable bonds is 3. The van der Waals surface area contributed by atoms with E-state index < -0.39 is 0 Å². The van der Waals surface area contributed by atoms with E-state index in [9.17, 15) is 9.59 Å². The van der Waals surface area contributed by atoms with Crippen LogP contribution in [0.5, 0.6) is 0 Å². The normalized spacial score (nSPS) is 19.8. The predicted octanol–water partition coefficient (Wildman–Crippen LogP) is 1.81. The van der Waals surface area contributed by atoms with Gasteiger partial charge < -0.3 is 10.6 Å². The zero-order valence-corrected chi connectivity index (χ0v) is 12.5. The molecule has 1 aromatic carbocycles. The Labute approximate surface area is 123 Å². The van der Waals surface area contributed by atoms with Crippen molar-refractivity contribution in [2.24, 2.45) is 0 Å². The molecule has 6 heteroatoms. The fourth-order valence-corrected chi connectivity index (χ4v) is 2.65. The summed E-state index contributed by atoms with van der Waals surface area (Å²) in [7, 11) is 0. The minimum Gasteiger partial charge on any atom is -0.351 e. The molecular weight excluding hydrogens is 274 g/mol. The van der Waals surface area contributed by atoms with Crippen LogP contribution in [0.15, 0.2) is 24.3 Å². The number of hydrogen-bond donors (Lipinski definition) is 2. The van der Waals surface area contributed by atoms with Crippen molar-refractivity contribution >= 4 is 34.8 Å². The largest absolute Gasteiger partial charge is 0.351 e. The third-order valence-electron chi connectivity index (χ3n) is 3.24. The van der Waals surface area contributed by atoms with Gasteiger partial charge in [0, 0.05) is 12.6 Å². The summed E-state index contributed by atoms with van der Waals surface area (Å²) < 4.78 is 0. The quantitative estimate of drug-likeness (QED) is 0.834. The van der Waals surface area contributed by atoms with Crippen molar-refractivity contribution in [2.45, 2.75) is 32.9 Å². The highest BCUT2D eigenvalue weighted by Crippen LogP contribution is 2.26. The van der Waals surface area contributed by atoms with E-state index in [-0.39, 0.29) is 23.9 Å². The molecule has 2 atom stereocenters. The van der Waals surface area contributed by atoms with Gasteiger partial charge in [-0.25, -0.2) is 0 Å². The molecule has 1 aliphatic rings. The van der Waals surface area contributed by atoms with E-state index in [1.165, 1.54) is 6.92 Å². The maximum atomic E-state index is 12.1. The Morgan fingerprint density at radius 2 is 2.20 bits per heavy atom. The summed E-state index contributed by atoms with van der Waals surface area (Å²) in [4.78, 5) is 24.8. The second kappa shape index (κ2) is 5.58. The van der Waals surface area contributed by atoms with Gasteiger partial charge in [0.1, 0.15) is 6.04 Å². The number of amides is 2. The highest BCUT2D eigenvalue weighted by atomic mass is 32.1. The second-order valence-electron chi connectivity index (χ2n) is 4.86. The van der Waals surface area contributed by atoms with E-state index in [2.05, 4.69) is 10.6 Å². The van der Waals surface area contributed by atoms with E-state index >= 15 is 0 Å². The molecule has 106 valence electrons. The first-order valence-electron chi connectivity index (χ1n) is 6.41. The maximum Gasteiger partial charge on any atom is 0.251 e. The molecule has 1 aliphatic heterocycles. The average Bonchev–Trinajstić information content (AvgIpc) is 2.62. The zero-order valence-electron chi connectivity index (χ0n) is 11.6. The molecule has 0 saturated carbocycles. The van der Waals surface area contributed by atoms with Crippen molar-refractivity contribution in [1.29, 1.82) is 0 Å². The van der Waals surface area contributed by atoms with Gasteiger partial charge in [0.25, 0.3) is 5.91 Å². The first-order valence-corrected chi connectivity index (χ1v) is 6.82. The summed E-state index contributed by atoms with van der Waals surface area (Å²) in [6.45, 7) is 5.16. The molecule has 1 fully saturated rings. The Morgan fingerprint density at radius 3 is 2.75 bits per heavy atom. The van der Waals surface area contributed by atoms with Crippen LogP contribution < -0.4 is 10.6 Å². The zero-order chi connectivity index (χ0) is 14.9. The lowest BCUT2D eigenvalue weighted by molar-refractivity contribution is -0.128. The first kappa shape index (κ1) is 14.5. The van der Waals surface area contributed by atoms with Crippen LogP contribution in [-0.4, -0.2) is 27.9 Å². The van der Waals surface area contributed by atoms with Gasteiger partial charge in [-0.3, -0.25) is 14.5 Å². The van der Waals surface area contributed by atoms with Crippen molar-refractivity contribution in [3.63, 3.8) is 0 Å².